The molecule has 0 spiro atoms. The van der Waals surface area contributed by atoms with E-state index in [4.69, 9.17) is 5.73 Å². The highest BCUT2D eigenvalue weighted by atomic mass is 35.5. The van der Waals surface area contributed by atoms with Crippen molar-refractivity contribution in [2.24, 2.45) is 11.7 Å². The van der Waals surface area contributed by atoms with Gasteiger partial charge in [-0.05, 0) is 32.2 Å². The first-order valence-corrected chi connectivity index (χ1v) is 4.23. The minimum atomic E-state index is 0. The number of nitrogens with zero attached hydrogens (tertiary/aromatic N) is 1. The summed E-state index contributed by atoms with van der Waals surface area (Å²) < 4.78 is 0. The minimum Gasteiger partial charge on any atom is -0.326 e. The molecule has 0 aromatic rings. The Hall–Kier alpha value is 0.500. The Morgan fingerprint density at radius 2 is 1.92 bits per heavy atom. The molecule has 2 N–H and O–H groups in total. The number of nitrogens with two attached hydrogens (primary N) is 1. The van der Waals surface area contributed by atoms with Crippen LogP contribution in [0.15, 0.2) is 0 Å². The number of hydrogen-bond acceptors (Lipinski definition) is 2. The molecule has 0 aromatic carbocycles. The molecule has 3 atom stereocenters. The van der Waals surface area contributed by atoms with Crippen LogP contribution >= 0.6 is 24.8 Å². The van der Waals surface area contributed by atoms with Gasteiger partial charge in [-0.15, -0.1) is 24.8 Å². The summed E-state index contributed by atoms with van der Waals surface area (Å²) in [5, 5.41) is 0. The summed E-state index contributed by atoms with van der Waals surface area (Å²) in [5.41, 5.74) is 5.97. The van der Waals surface area contributed by atoms with Crippen LogP contribution in [0.2, 0.25) is 0 Å². The van der Waals surface area contributed by atoms with Crippen LogP contribution in [-0.2, 0) is 0 Å². The van der Waals surface area contributed by atoms with Crippen molar-refractivity contribution in [2.75, 3.05) is 13.6 Å². The fraction of sp³-hybridized carbons (Fsp3) is 1.00. The van der Waals surface area contributed by atoms with Crippen molar-refractivity contribution in [1.82, 2.24) is 4.90 Å². The normalized spacial score (nSPS) is 40.0. The molecule has 0 amide bonds. The second kappa shape index (κ2) is 4.66. The van der Waals surface area contributed by atoms with Gasteiger partial charge in [0.25, 0.3) is 0 Å². The molecule has 3 fully saturated rings. The van der Waals surface area contributed by atoms with Gasteiger partial charge in [0.2, 0.25) is 0 Å². The molecule has 2 aliphatic heterocycles. The molecule has 0 aromatic heterocycles. The maximum atomic E-state index is 5.97. The van der Waals surface area contributed by atoms with E-state index in [1.807, 2.05) is 0 Å². The van der Waals surface area contributed by atoms with E-state index in [2.05, 4.69) is 11.9 Å². The second-order valence-electron chi connectivity index (χ2n) is 3.85. The predicted molar refractivity (Wildman–Crippen MR) is 56.2 cm³/mol. The van der Waals surface area contributed by atoms with E-state index in [-0.39, 0.29) is 24.8 Å². The molecule has 2 nitrogen and oxygen atoms in total. The number of hydrogen-bond donors (Lipinski definition) is 1. The number of likely N-dealkylation sites (N-methyl/N-ethyl adjacent to an activating group) is 1. The highest BCUT2D eigenvalue weighted by molar-refractivity contribution is 5.85. The number of rotatable bonds is 0. The van der Waals surface area contributed by atoms with Crippen molar-refractivity contribution >= 4 is 24.8 Å². The maximum Gasteiger partial charge on any atom is 0.0244 e. The summed E-state index contributed by atoms with van der Waals surface area (Å²) in [6.07, 6.45) is 4.03. The van der Waals surface area contributed by atoms with Crippen LogP contribution < -0.4 is 5.73 Å². The first kappa shape index (κ1) is 12.5. The fourth-order valence-electron chi connectivity index (χ4n) is 2.54. The third-order valence-corrected chi connectivity index (χ3v) is 3.08. The van der Waals surface area contributed by atoms with Gasteiger partial charge in [0.15, 0.2) is 0 Å². The molecular formula is C8H18Cl2N2. The van der Waals surface area contributed by atoms with Crippen LogP contribution in [0.1, 0.15) is 19.3 Å². The highest BCUT2D eigenvalue weighted by Gasteiger charge is 2.36. The molecule has 12 heavy (non-hydrogen) atoms. The van der Waals surface area contributed by atoms with Gasteiger partial charge in [0, 0.05) is 18.6 Å². The Bertz CT molecular complexity index is 131. The average Bonchev–Trinajstić information content (AvgIpc) is 1.86. The SMILES string of the molecule is CN1CC2CCC1C(N)C2.Cl.Cl. The van der Waals surface area contributed by atoms with Crippen molar-refractivity contribution in [3.8, 4) is 0 Å². The molecule has 1 saturated carbocycles. The van der Waals surface area contributed by atoms with Crippen molar-refractivity contribution in [2.45, 2.75) is 31.3 Å². The summed E-state index contributed by atoms with van der Waals surface area (Å²) in [6, 6.07) is 1.17. The lowest BCUT2D eigenvalue weighted by atomic mass is 9.77. The number of piperidine rings is 2. The zero-order valence-corrected chi connectivity index (χ0v) is 9.03. The van der Waals surface area contributed by atoms with Crippen molar-refractivity contribution in [3.05, 3.63) is 0 Å². The van der Waals surface area contributed by atoms with Gasteiger partial charge in [-0.25, -0.2) is 0 Å². The fourth-order valence-corrected chi connectivity index (χ4v) is 2.54. The molecule has 0 radical (unpaired) electrons. The lowest BCUT2D eigenvalue weighted by Crippen LogP contribution is -2.57. The third-order valence-electron chi connectivity index (χ3n) is 3.08. The molecule has 4 heteroatoms. The molecule has 74 valence electrons. The van der Waals surface area contributed by atoms with Crippen molar-refractivity contribution in [3.63, 3.8) is 0 Å². The Morgan fingerprint density at radius 3 is 2.25 bits per heavy atom. The summed E-state index contributed by atoms with van der Waals surface area (Å²) in [4.78, 5) is 2.43. The summed E-state index contributed by atoms with van der Waals surface area (Å²) in [5.74, 6) is 0.907. The molecule has 1 aliphatic carbocycles. The average molecular weight is 213 g/mol. The molecule has 2 heterocycles. The van der Waals surface area contributed by atoms with Gasteiger partial charge in [-0.3, -0.25) is 0 Å². The zero-order valence-electron chi connectivity index (χ0n) is 7.40. The van der Waals surface area contributed by atoms with E-state index >= 15 is 0 Å². The first-order valence-electron chi connectivity index (χ1n) is 4.23. The topological polar surface area (TPSA) is 29.3 Å². The van der Waals surface area contributed by atoms with Crippen molar-refractivity contribution < 1.29 is 0 Å². The lowest BCUT2D eigenvalue weighted by molar-refractivity contribution is 0.0542. The molecule has 2 bridgehead atoms. The highest BCUT2D eigenvalue weighted by Crippen LogP contribution is 2.32. The van der Waals surface area contributed by atoms with E-state index in [1.165, 1.54) is 25.8 Å². The molecular weight excluding hydrogens is 195 g/mol. The van der Waals surface area contributed by atoms with Gasteiger partial charge >= 0.3 is 0 Å². The quantitative estimate of drug-likeness (QED) is 0.656. The van der Waals surface area contributed by atoms with Gasteiger partial charge in [-0.1, -0.05) is 0 Å². The van der Waals surface area contributed by atoms with E-state index in [0.29, 0.717) is 12.1 Å². The van der Waals surface area contributed by atoms with Crippen LogP contribution in [0, 0.1) is 5.92 Å². The third kappa shape index (κ3) is 2.05. The molecule has 3 unspecified atom stereocenters. The monoisotopic (exact) mass is 212 g/mol. The standard InChI is InChI=1S/C8H16N2.2ClH/c1-10-5-6-2-3-8(10)7(9)4-6;;/h6-8H,2-5,9H2,1H3;2*1H. The van der Waals surface area contributed by atoms with Gasteiger partial charge in [0.05, 0.1) is 0 Å². The van der Waals surface area contributed by atoms with Crippen LogP contribution in [0.25, 0.3) is 0 Å². The van der Waals surface area contributed by atoms with Crippen molar-refractivity contribution in [1.29, 1.82) is 0 Å². The Kier molecular flexibility index (Phi) is 4.85. The summed E-state index contributed by atoms with van der Waals surface area (Å²) >= 11 is 0. The molecule has 2 saturated heterocycles. The van der Waals surface area contributed by atoms with E-state index < -0.39 is 0 Å². The number of halogens is 2. The van der Waals surface area contributed by atoms with E-state index in [0.717, 1.165) is 5.92 Å². The van der Waals surface area contributed by atoms with Crippen LogP contribution in [0.5, 0.6) is 0 Å². The van der Waals surface area contributed by atoms with Crippen LogP contribution in [0.4, 0.5) is 0 Å². The van der Waals surface area contributed by atoms with Crippen LogP contribution in [-0.4, -0.2) is 30.6 Å². The Balaban J connectivity index is 0.000000605. The first-order chi connectivity index (χ1) is 4.77. The second-order valence-corrected chi connectivity index (χ2v) is 3.85. The Labute approximate surface area is 86.7 Å². The van der Waals surface area contributed by atoms with E-state index in [9.17, 15) is 0 Å². The molecule has 3 rings (SSSR count). The lowest BCUT2D eigenvalue weighted by Gasteiger charge is -2.47. The predicted octanol–water partition coefficient (Wildman–Crippen LogP) is 1.27. The minimum absolute atomic E-state index is 0. The van der Waals surface area contributed by atoms with Gasteiger partial charge in [-0.2, -0.15) is 0 Å². The summed E-state index contributed by atoms with van der Waals surface area (Å²) in [7, 11) is 2.20. The molecule has 3 aliphatic rings. The smallest absolute Gasteiger partial charge is 0.0244 e. The number of fused-ring (bicyclic) bond motifs is 3. The van der Waals surface area contributed by atoms with Crippen LogP contribution in [0.3, 0.4) is 0 Å². The van der Waals surface area contributed by atoms with Gasteiger partial charge in [0.1, 0.15) is 0 Å². The van der Waals surface area contributed by atoms with E-state index in [1.54, 1.807) is 0 Å². The largest absolute Gasteiger partial charge is 0.326 e. The zero-order chi connectivity index (χ0) is 7.14. The van der Waals surface area contributed by atoms with Gasteiger partial charge < -0.3 is 10.6 Å². The summed E-state index contributed by atoms with van der Waals surface area (Å²) in [6.45, 7) is 1.29. The maximum absolute atomic E-state index is 5.97. The Morgan fingerprint density at radius 1 is 1.25 bits per heavy atom.